The summed E-state index contributed by atoms with van der Waals surface area (Å²) < 4.78 is 27.9. The first-order valence-electron chi connectivity index (χ1n) is 4.35. The predicted octanol–water partition coefficient (Wildman–Crippen LogP) is 0.300. The van der Waals surface area contributed by atoms with Gasteiger partial charge in [0, 0.05) is 19.9 Å². The van der Waals surface area contributed by atoms with Crippen molar-refractivity contribution in [2.24, 2.45) is 0 Å². The topological polar surface area (TPSA) is 66.8 Å². The number of halogens is 2. The number of ether oxygens (including phenoxy) is 1. The Morgan fingerprint density at radius 1 is 1.53 bits per heavy atom. The van der Waals surface area contributed by atoms with Gasteiger partial charge in [-0.15, -0.1) is 0 Å². The Bertz CT molecular complexity index is 249. The van der Waals surface area contributed by atoms with Gasteiger partial charge in [0.05, 0.1) is 6.10 Å². The third kappa shape index (κ3) is 2.85. The van der Waals surface area contributed by atoms with Crippen LogP contribution in [0.4, 0.5) is 8.78 Å². The Morgan fingerprint density at radius 2 is 2.13 bits per heavy atom. The highest BCUT2D eigenvalue weighted by Crippen LogP contribution is 2.22. The number of carbonyl (C=O) groups is 2. The van der Waals surface area contributed by atoms with Gasteiger partial charge in [0.25, 0.3) is 0 Å². The first-order chi connectivity index (χ1) is 6.91. The molecule has 0 aliphatic carbocycles. The molecule has 0 bridgehead atoms. The first-order valence-corrected chi connectivity index (χ1v) is 4.35. The Morgan fingerprint density at radius 3 is 2.47 bits per heavy atom. The molecule has 15 heavy (non-hydrogen) atoms. The first kappa shape index (κ1) is 11.8. The van der Waals surface area contributed by atoms with E-state index in [-0.39, 0.29) is 13.0 Å². The number of rotatable bonds is 3. The van der Waals surface area contributed by atoms with Crippen LogP contribution >= 0.6 is 0 Å². The lowest BCUT2D eigenvalue weighted by molar-refractivity contribution is -0.160. The highest BCUT2D eigenvalue weighted by atomic mass is 19.3. The summed E-state index contributed by atoms with van der Waals surface area (Å²) in [4.78, 5) is 22.7. The number of alkyl halides is 2. The Kier molecular flexibility index (Phi) is 3.57. The lowest BCUT2D eigenvalue weighted by Gasteiger charge is -2.18. The molecule has 0 aromatic carbocycles. The van der Waals surface area contributed by atoms with Gasteiger partial charge in [-0.25, -0.2) is 4.79 Å². The fourth-order valence-corrected chi connectivity index (χ4v) is 1.62. The molecule has 0 unspecified atom stereocenters. The third-order valence-corrected chi connectivity index (χ3v) is 2.25. The molecule has 0 saturated carbocycles. The number of likely N-dealkylation sites (tertiary alicyclic amines) is 1. The molecule has 0 aromatic rings. The lowest BCUT2D eigenvalue weighted by Crippen LogP contribution is -2.39. The van der Waals surface area contributed by atoms with Crippen LogP contribution < -0.4 is 0 Å². The Balaban J connectivity index is 2.65. The van der Waals surface area contributed by atoms with E-state index >= 15 is 0 Å². The van der Waals surface area contributed by atoms with Crippen LogP contribution in [-0.2, 0) is 14.3 Å². The monoisotopic (exact) mass is 223 g/mol. The van der Waals surface area contributed by atoms with Crippen LogP contribution in [0.25, 0.3) is 0 Å². The van der Waals surface area contributed by atoms with Gasteiger partial charge in [-0.1, -0.05) is 0 Å². The van der Waals surface area contributed by atoms with Crippen molar-refractivity contribution in [1.82, 2.24) is 4.90 Å². The molecule has 1 heterocycles. The average molecular weight is 223 g/mol. The summed E-state index contributed by atoms with van der Waals surface area (Å²) in [5.41, 5.74) is 0. The number of hydrogen-bond acceptors (Lipinski definition) is 3. The van der Waals surface area contributed by atoms with Crippen molar-refractivity contribution in [2.45, 2.75) is 32.1 Å². The maximum atomic E-state index is 11.9. The largest absolute Gasteiger partial charge is 0.480 e. The van der Waals surface area contributed by atoms with Crippen LogP contribution in [0.3, 0.4) is 0 Å². The molecule has 1 aliphatic rings. The molecule has 1 rings (SSSR count). The maximum Gasteiger partial charge on any atom is 0.345 e. The molecule has 2 atom stereocenters. The number of hydrogen-bond donors (Lipinski definition) is 1. The number of carbonyl (C=O) groups excluding carboxylic acids is 1. The number of carboxylic acid groups (broad SMARTS) is 1. The zero-order valence-electron chi connectivity index (χ0n) is 8.02. The van der Waals surface area contributed by atoms with Gasteiger partial charge < -0.3 is 14.7 Å². The fourth-order valence-electron chi connectivity index (χ4n) is 1.62. The second-order valence-electron chi connectivity index (χ2n) is 3.28. The molecule has 1 N–H and O–H groups in total. The average Bonchev–Trinajstić information content (AvgIpc) is 2.46. The number of amides is 1. The van der Waals surface area contributed by atoms with Crippen LogP contribution in [0.2, 0.25) is 0 Å². The molecule has 1 aliphatic heterocycles. The predicted molar refractivity (Wildman–Crippen MR) is 44.3 cm³/mol. The zero-order chi connectivity index (χ0) is 11.6. The van der Waals surface area contributed by atoms with Crippen molar-refractivity contribution in [1.29, 1.82) is 0 Å². The van der Waals surface area contributed by atoms with Gasteiger partial charge in [-0.3, -0.25) is 4.79 Å². The highest BCUT2D eigenvalue weighted by molar-refractivity contribution is 5.83. The van der Waals surface area contributed by atoms with Gasteiger partial charge in [-0.05, 0) is 0 Å². The van der Waals surface area contributed by atoms with E-state index in [9.17, 15) is 18.4 Å². The summed E-state index contributed by atoms with van der Waals surface area (Å²) in [6, 6.07) is -1.06. The van der Waals surface area contributed by atoms with E-state index < -0.39 is 30.6 Å². The highest BCUT2D eigenvalue weighted by Gasteiger charge is 2.39. The summed E-state index contributed by atoms with van der Waals surface area (Å²) in [5, 5.41) is 8.75. The van der Waals surface area contributed by atoms with E-state index in [4.69, 9.17) is 5.11 Å². The van der Waals surface area contributed by atoms with Crippen LogP contribution in [0, 0.1) is 0 Å². The van der Waals surface area contributed by atoms with Crippen LogP contribution in [-0.4, -0.2) is 47.2 Å². The Labute approximate surface area is 84.6 Å². The molecule has 7 heteroatoms. The summed E-state index contributed by atoms with van der Waals surface area (Å²) >= 11 is 0. The third-order valence-electron chi connectivity index (χ3n) is 2.25. The number of aliphatic carboxylic acids is 1. The van der Waals surface area contributed by atoms with E-state index in [1.165, 1.54) is 6.92 Å². The molecule has 86 valence electrons. The van der Waals surface area contributed by atoms with Gasteiger partial charge >= 0.3 is 12.6 Å². The lowest BCUT2D eigenvalue weighted by atomic mass is 10.2. The molecule has 0 radical (unpaired) electrons. The van der Waals surface area contributed by atoms with Crippen LogP contribution in [0.1, 0.15) is 13.3 Å². The maximum absolute atomic E-state index is 11.9. The van der Waals surface area contributed by atoms with E-state index in [0.717, 1.165) is 4.90 Å². The van der Waals surface area contributed by atoms with Gasteiger partial charge in [0.2, 0.25) is 5.91 Å². The summed E-state index contributed by atoms with van der Waals surface area (Å²) in [7, 11) is 0. The fraction of sp³-hybridized carbons (Fsp3) is 0.750. The Hall–Kier alpha value is -1.24. The van der Waals surface area contributed by atoms with Crippen molar-refractivity contribution >= 4 is 11.9 Å². The minimum Gasteiger partial charge on any atom is -0.480 e. The number of nitrogens with zero attached hydrogens (tertiary/aromatic N) is 1. The molecule has 5 nitrogen and oxygen atoms in total. The normalized spacial score (nSPS) is 26.0. The minimum atomic E-state index is -2.95. The van der Waals surface area contributed by atoms with Crippen LogP contribution in [0.5, 0.6) is 0 Å². The van der Waals surface area contributed by atoms with E-state index in [2.05, 4.69) is 4.74 Å². The second kappa shape index (κ2) is 4.52. The number of carboxylic acids is 1. The van der Waals surface area contributed by atoms with Crippen molar-refractivity contribution in [3.05, 3.63) is 0 Å². The van der Waals surface area contributed by atoms with E-state index in [1.807, 2.05) is 0 Å². The van der Waals surface area contributed by atoms with Crippen molar-refractivity contribution < 1.29 is 28.2 Å². The minimum absolute atomic E-state index is 0.0980. The molecular weight excluding hydrogens is 212 g/mol. The van der Waals surface area contributed by atoms with E-state index in [0.29, 0.717) is 0 Å². The standard InChI is InChI=1S/C8H11F2NO4/c1-4(12)11-3-5(15-8(9)10)2-6(11)7(13)14/h5-6,8H,2-3H2,1H3,(H,13,14)/t5-,6+/m0/s1. The van der Waals surface area contributed by atoms with E-state index in [1.54, 1.807) is 0 Å². The smallest absolute Gasteiger partial charge is 0.345 e. The van der Waals surface area contributed by atoms with Gasteiger partial charge in [0.1, 0.15) is 6.04 Å². The molecule has 1 fully saturated rings. The molecule has 0 spiro atoms. The van der Waals surface area contributed by atoms with Gasteiger partial charge in [0.15, 0.2) is 0 Å². The molecule has 0 aromatic heterocycles. The van der Waals surface area contributed by atoms with Crippen molar-refractivity contribution in [3.63, 3.8) is 0 Å². The van der Waals surface area contributed by atoms with Crippen molar-refractivity contribution in [2.75, 3.05) is 6.54 Å². The van der Waals surface area contributed by atoms with Crippen molar-refractivity contribution in [3.8, 4) is 0 Å². The van der Waals surface area contributed by atoms with Gasteiger partial charge in [-0.2, -0.15) is 8.78 Å². The second-order valence-corrected chi connectivity index (χ2v) is 3.28. The molecule has 1 amide bonds. The van der Waals surface area contributed by atoms with Crippen LogP contribution in [0.15, 0.2) is 0 Å². The quantitative estimate of drug-likeness (QED) is 0.747. The zero-order valence-corrected chi connectivity index (χ0v) is 8.02. The SMILES string of the molecule is CC(=O)N1C[C@@H](OC(F)F)C[C@@H]1C(=O)O. The molecular formula is C8H11F2NO4. The summed E-state index contributed by atoms with van der Waals surface area (Å²) in [6.07, 6.45) is -1.01. The summed E-state index contributed by atoms with van der Waals surface area (Å²) in [5.74, 6) is -1.66. The summed E-state index contributed by atoms with van der Waals surface area (Å²) in [6.45, 7) is -1.85. The molecule has 1 saturated heterocycles.